The molecule has 128 valence electrons. The van der Waals surface area contributed by atoms with Gasteiger partial charge in [0.1, 0.15) is 0 Å². The summed E-state index contributed by atoms with van der Waals surface area (Å²) in [5.41, 5.74) is 1.32. The maximum Gasteiger partial charge on any atom is 0.358 e. The van der Waals surface area contributed by atoms with Gasteiger partial charge in [0.25, 0.3) is 0 Å². The van der Waals surface area contributed by atoms with Gasteiger partial charge in [-0.05, 0) is 29.8 Å². The molecule has 0 aliphatic heterocycles. The third kappa shape index (κ3) is 5.28. The fraction of sp³-hybridized carbons (Fsp3) is 0.235. The summed E-state index contributed by atoms with van der Waals surface area (Å²) in [5, 5.41) is 0.109. The third-order valence-electron chi connectivity index (χ3n) is 3.22. The van der Waals surface area contributed by atoms with Gasteiger partial charge in [0.2, 0.25) is 0 Å². The zero-order valence-corrected chi connectivity index (χ0v) is 14.1. The molecule has 24 heavy (non-hydrogen) atoms. The number of benzene rings is 2. The summed E-state index contributed by atoms with van der Waals surface area (Å²) >= 11 is 0. The molecular formula is C17H19O6P. The van der Waals surface area contributed by atoms with E-state index < -0.39 is 13.6 Å². The molecule has 0 aliphatic rings. The van der Waals surface area contributed by atoms with Crippen molar-refractivity contribution in [2.75, 3.05) is 20.3 Å². The largest absolute Gasteiger partial charge is 0.465 e. The van der Waals surface area contributed by atoms with Crippen LogP contribution in [0.3, 0.4) is 0 Å². The van der Waals surface area contributed by atoms with Crippen LogP contribution in [0.25, 0.3) is 0 Å². The summed E-state index contributed by atoms with van der Waals surface area (Å²) < 4.78 is 27.2. The van der Waals surface area contributed by atoms with Gasteiger partial charge >= 0.3 is 13.6 Å². The molecule has 1 atom stereocenters. The molecule has 0 amide bonds. The summed E-state index contributed by atoms with van der Waals surface area (Å²) in [4.78, 5) is 21.3. The molecule has 0 heterocycles. The van der Waals surface area contributed by atoms with Crippen LogP contribution in [-0.2, 0) is 25.2 Å². The van der Waals surface area contributed by atoms with E-state index in [1.54, 1.807) is 0 Å². The standard InChI is InChI=1S/C17H19O6P/c1-21-17(18)15-7-9-16(10-8-15)24(19,20)23-12-11-22-13-14-5-3-2-4-6-14/h2-10H,11-13H2,1H3,(H,19,20). The molecular weight excluding hydrogens is 331 g/mol. The number of carbonyl (C=O) groups excluding carboxylic acids is 1. The zero-order chi connectivity index (χ0) is 17.4. The van der Waals surface area contributed by atoms with Gasteiger partial charge in [0.05, 0.1) is 37.8 Å². The minimum Gasteiger partial charge on any atom is -0.465 e. The van der Waals surface area contributed by atoms with Gasteiger partial charge in [0.15, 0.2) is 0 Å². The third-order valence-corrected chi connectivity index (χ3v) is 4.70. The second-order valence-corrected chi connectivity index (χ2v) is 6.75. The maximum absolute atomic E-state index is 12.2. The highest BCUT2D eigenvalue weighted by Crippen LogP contribution is 2.40. The summed E-state index contributed by atoms with van der Waals surface area (Å²) in [6.45, 7) is 0.590. The number of ether oxygens (including phenoxy) is 2. The Morgan fingerprint density at radius 2 is 1.71 bits per heavy atom. The van der Waals surface area contributed by atoms with E-state index in [1.807, 2.05) is 30.3 Å². The van der Waals surface area contributed by atoms with Crippen LogP contribution in [-0.4, -0.2) is 31.2 Å². The highest BCUT2D eigenvalue weighted by molar-refractivity contribution is 7.61. The van der Waals surface area contributed by atoms with Gasteiger partial charge in [-0.15, -0.1) is 0 Å². The number of esters is 1. The molecule has 2 rings (SSSR count). The summed E-state index contributed by atoms with van der Waals surface area (Å²) in [6.07, 6.45) is 0. The Morgan fingerprint density at radius 1 is 1.04 bits per heavy atom. The molecule has 0 aromatic heterocycles. The zero-order valence-electron chi connectivity index (χ0n) is 13.3. The number of hydrogen-bond donors (Lipinski definition) is 1. The Balaban J connectivity index is 1.80. The van der Waals surface area contributed by atoms with Crippen LogP contribution < -0.4 is 5.30 Å². The SMILES string of the molecule is COC(=O)c1ccc(P(=O)(O)OCCOCc2ccccc2)cc1. The van der Waals surface area contributed by atoms with E-state index in [0.717, 1.165) is 5.56 Å². The molecule has 0 saturated carbocycles. The van der Waals surface area contributed by atoms with Crippen LogP contribution in [0.5, 0.6) is 0 Å². The van der Waals surface area contributed by atoms with Crippen LogP contribution in [0, 0.1) is 0 Å². The minimum atomic E-state index is -3.95. The molecule has 6 nitrogen and oxygen atoms in total. The van der Waals surface area contributed by atoms with Crippen molar-refractivity contribution in [1.82, 2.24) is 0 Å². The average molecular weight is 350 g/mol. The highest BCUT2D eigenvalue weighted by atomic mass is 31.2. The number of methoxy groups -OCH3 is 1. The van der Waals surface area contributed by atoms with Gasteiger partial charge in [0, 0.05) is 0 Å². The van der Waals surface area contributed by atoms with Crippen LogP contribution >= 0.6 is 7.60 Å². The van der Waals surface area contributed by atoms with Gasteiger partial charge in [-0.1, -0.05) is 30.3 Å². The molecule has 2 aromatic rings. The first kappa shape index (κ1) is 18.4. The first-order valence-electron chi connectivity index (χ1n) is 7.31. The molecule has 2 aromatic carbocycles. The topological polar surface area (TPSA) is 82.1 Å². The minimum absolute atomic E-state index is 0.0145. The smallest absolute Gasteiger partial charge is 0.358 e. The Kier molecular flexibility index (Phi) is 6.70. The van der Waals surface area contributed by atoms with Gasteiger partial charge in [-0.25, -0.2) is 4.79 Å². The first-order chi connectivity index (χ1) is 11.5. The lowest BCUT2D eigenvalue weighted by Gasteiger charge is -2.13. The van der Waals surface area contributed by atoms with Crippen LogP contribution in [0.1, 0.15) is 15.9 Å². The fourth-order valence-electron chi connectivity index (χ4n) is 1.96. The Hall–Kier alpha value is -1.98. The second-order valence-electron chi connectivity index (χ2n) is 4.93. The predicted octanol–water partition coefficient (Wildman–Crippen LogP) is 2.52. The van der Waals surface area contributed by atoms with Crippen molar-refractivity contribution in [2.24, 2.45) is 0 Å². The quantitative estimate of drug-likeness (QED) is 0.448. The highest BCUT2D eigenvalue weighted by Gasteiger charge is 2.22. The lowest BCUT2D eigenvalue weighted by molar-refractivity contribution is 0.0600. The lowest BCUT2D eigenvalue weighted by Crippen LogP contribution is -2.11. The van der Waals surface area contributed by atoms with Crippen LogP contribution in [0.15, 0.2) is 54.6 Å². The number of rotatable bonds is 8. The van der Waals surface area contributed by atoms with Crippen molar-refractivity contribution in [3.8, 4) is 0 Å². The summed E-state index contributed by atoms with van der Waals surface area (Å²) in [6, 6.07) is 15.2. The lowest BCUT2D eigenvalue weighted by atomic mass is 10.2. The molecule has 7 heteroatoms. The van der Waals surface area contributed by atoms with E-state index >= 15 is 0 Å². The Morgan fingerprint density at radius 3 is 2.33 bits per heavy atom. The van der Waals surface area contributed by atoms with E-state index in [2.05, 4.69) is 4.74 Å². The van der Waals surface area contributed by atoms with E-state index in [9.17, 15) is 14.3 Å². The van der Waals surface area contributed by atoms with E-state index in [-0.39, 0.29) is 18.5 Å². The number of carbonyl (C=O) groups is 1. The first-order valence-corrected chi connectivity index (χ1v) is 8.88. The van der Waals surface area contributed by atoms with Gasteiger partial charge in [-0.3, -0.25) is 4.57 Å². The average Bonchev–Trinajstić information content (AvgIpc) is 2.61. The fourth-order valence-corrected chi connectivity index (χ4v) is 2.96. The van der Waals surface area contributed by atoms with Crippen LogP contribution in [0.4, 0.5) is 0 Å². The summed E-state index contributed by atoms with van der Waals surface area (Å²) in [5.74, 6) is -0.510. The van der Waals surface area contributed by atoms with Crippen molar-refractivity contribution in [1.29, 1.82) is 0 Å². The Bertz CT molecular complexity index is 699. The predicted molar refractivity (Wildman–Crippen MR) is 89.3 cm³/mol. The number of hydrogen-bond acceptors (Lipinski definition) is 5. The molecule has 1 unspecified atom stereocenters. The van der Waals surface area contributed by atoms with Gasteiger partial charge in [-0.2, -0.15) is 0 Å². The monoisotopic (exact) mass is 350 g/mol. The van der Waals surface area contributed by atoms with Crippen molar-refractivity contribution in [2.45, 2.75) is 6.61 Å². The maximum atomic E-state index is 12.2. The molecule has 0 spiro atoms. The molecule has 0 fully saturated rings. The Labute approximate surface area is 140 Å². The van der Waals surface area contributed by atoms with E-state index in [1.165, 1.54) is 31.4 Å². The van der Waals surface area contributed by atoms with E-state index in [0.29, 0.717) is 12.2 Å². The summed E-state index contributed by atoms with van der Waals surface area (Å²) in [7, 11) is -2.68. The van der Waals surface area contributed by atoms with Crippen molar-refractivity contribution in [3.05, 3.63) is 65.7 Å². The van der Waals surface area contributed by atoms with E-state index in [4.69, 9.17) is 9.26 Å². The van der Waals surface area contributed by atoms with Crippen molar-refractivity contribution >= 4 is 18.9 Å². The molecule has 0 saturated heterocycles. The molecule has 0 radical (unpaired) electrons. The second kappa shape index (κ2) is 8.76. The molecule has 0 aliphatic carbocycles. The van der Waals surface area contributed by atoms with Crippen LogP contribution in [0.2, 0.25) is 0 Å². The van der Waals surface area contributed by atoms with Crippen molar-refractivity contribution < 1.29 is 28.3 Å². The normalized spacial score (nSPS) is 13.2. The van der Waals surface area contributed by atoms with Crippen molar-refractivity contribution in [3.63, 3.8) is 0 Å². The molecule has 0 bridgehead atoms. The molecule has 1 N–H and O–H groups in total. The van der Waals surface area contributed by atoms with Gasteiger partial charge < -0.3 is 18.9 Å².